The number of aryl methyl sites for hydroxylation is 2. The topological polar surface area (TPSA) is 26.0 Å². The molecule has 0 saturated carbocycles. The van der Waals surface area contributed by atoms with Gasteiger partial charge in [0.05, 0.1) is 0 Å². The van der Waals surface area contributed by atoms with E-state index in [1.807, 2.05) is 18.2 Å². The number of hydrogen-bond acceptors (Lipinski definition) is 2. The lowest BCUT2D eigenvalue weighted by molar-refractivity contribution is 0.736. The smallest absolute Gasteiger partial charge is 0.0453 e. The zero-order chi connectivity index (χ0) is 13.3. The highest BCUT2D eigenvalue weighted by atomic mass is 35.5. The van der Waals surface area contributed by atoms with Crippen molar-refractivity contribution in [2.75, 3.05) is 0 Å². The lowest BCUT2D eigenvalue weighted by Crippen LogP contribution is -2.12. The molecule has 0 spiro atoms. The van der Waals surface area contributed by atoms with Gasteiger partial charge in [-0.3, -0.25) is 0 Å². The Morgan fingerprint density at radius 1 is 1.22 bits per heavy atom. The molecule has 1 atom stereocenters. The van der Waals surface area contributed by atoms with Gasteiger partial charge in [-0.2, -0.15) is 0 Å². The van der Waals surface area contributed by atoms with E-state index >= 15 is 0 Å². The number of thiophene rings is 1. The summed E-state index contributed by atoms with van der Waals surface area (Å²) < 4.78 is 0. The van der Waals surface area contributed by atoms with Crippen LogP contribution in [0, 0.1) is 13.8 Å². The van der Waals surface area contributed by atoms with Crippen LogP contribution in [0.3, 0.4) is 0 Å². The zero-order valence-corrected chi connectivity index (χ0v) is 12.7. The summed E-state index contributed by atoms with van der Waals surface area (Å²) in [6.07, 6.45) is 0.665. The van der Waals surface area contributed by atoms with Gasteiger partial charge in [0.2, 0.25) is 0 Å². The minimum atomic E-state index is -0.0557. The number of nitrogens with two attached hydrogens (primary N) is 1. The fraction of sp³-hybridized carbons (Fsp3) is 0.286. The number of benzene rings is 1. The Kier molecular flexibility index (Phi) is 4.33. The molecule has 0 fully saturated rings. The van der Waals surface area contributed by atoms with E-state index in [1.165, 1.54) is 15.3 Å². The van der Waals surface area contributed by atoms with E-state index in [9.17, 15) is 0 Å². The first-order valence-electron chi connectivity index (χ1n) is 5.74. The third-order valence-electron chi connectivity index (χ3n) is 3.04. The van der Waals surface area contributed by atoms with Crippen LogP contribution in [-0.2, 0) is 6.42 Å². The van der Waals surface area contributed by atoms with E-state index < -0.39 is 0 Å². The van der Waals surface area contributed by atoms with Gasteiger partial charge in [0.15, 0.2) is 0 Å². The van der Waals surface area contributed by atoms with Crippen LogP contribution in [-0.4, -0.2) is 0 Å². The Morgan fingerprint density at radius 3 is 2.33 bits per heavy atom. The van der Waals surface area contributed by atoms with Gasteiger partial charge in [0, 0.05) is 25.8 Å². The van der Waals surface area contributed by atoms with Crippen LogP contribution < -0.4 is 5.73 Å². The van der Waals surface area contributed by atoms with Crippen LogP contribution in [0.4, 0.5) is 0 Å². The highest BCUT2D eigenvalue weighted by Crippen LogP contribution is 2.31. The fourth-order valence-corrected chi connectivity index (χ4v) is 3.43. The van der Waals surface area contributed by atoms with Crippen LogP contribution in [0.2, 0.25) is 10.0 Å². The van der Waals surface area contributed by atoms with Crippen molar-refractivity contribution in [1.82, 2.24) is 0 Å². The summed E-state index contributed by atoms with van der Waals surface area (Å²) >= 11 is 14.1. The van der Waals surface area contributed by atoms with Crippen LogP contribution in [0.1, 0.15) is 26.9 Å². The maximum Gasteiger partial charge on any atom is 0.0453 e. The second kappa shape index (κ2) is 5.62. The molecule has 0 saturated heterocycles. The van der Waals surface area contributed by atoms with Crippen molar-refractivity contribution < 1.29 is 0 Å². The number of halogens is 2. The Bertz CT molecular complexity index is 523. The third kappa shape index (κ3) is 2.89. The van der Waals surface area contributed by atoms with Gasteiger partial charge < -0.3 is 5.73 Å². The first-order chi connectivity index (χ1) is 8.49. The van der Waals surface area contributed by atoms with Crippen LogP contribution in [0.5, 0.6) is 0 Å². The van der Waals surface area contributed by atoms with E-state index in [4.69, 9.17) is 28.9 Å². The van der Waals surface area contributed by atoms with E-state index in [1.54, 1.807) is 11.3 Å². The molecule has 0 aliphatic heterocycles. The van der Waals surface area contributed by atoms with Crippen molar-refractivity contribution in [3.63, 3.8) is 0 Å². The van der Waals surface area contributed by atoms with E-state index in [-0.39, 0.29) is 6.04 Å². The largest absolute Gasteiger partial charge is 0.323 e. The molecule has 0 aliphatic rings. The van der Waals surface area contributed by atoms with Gasteiger partial charge in [-0.1, -0.05) is 29.3 Å². The first-order valence-corrected chi connectivity index (χ1v) is 7.31. The van der Waals surface area contributed by atoms with Crippen molar-refractivity contribution in [2.24, 2.45) is 5.73 Å². The number of rotatable bonds is 3. The van der Waals surface area contributed by atoms with Crippen molar-refractivity contribution >= 4 is 34.5 Å². The summed E-state index contributed by atoms with van der Waals surface area (Å²) in [5, 5.41) is 1.37. The predicted molar refractivity (Wildman–Crippen MR) is 80.9 cm³/mol. The molecule has 1 heterocycles. The third-order valence-corrected chi connectivity index (χ3v) is 5.03. The molecule has 2 N–H and O–H groups in total. The van der Waals surface area contributed by atoms with E-state index in [0.717, 1.165) is 5.56 Å². The summed E-state index contributed by atoms with van der Waals surface area (Å²) in [6, 6.07) is 7.63. The van der Waals surface area contributed by atoms with Gasteiger partial charge >= 0.3 is 0 Å². The maximum atomic E-state index is 6.24. The van der Waals surface area contributed by atoms with Crippen molar-refractivity contribution in [3.05, 3.63) is 55.2 Å². The molecule has 4 heteroatoms. The lowest BCUT2D eigenvalue weighted by atomic mass is 10.0. The molecule has 1 aromatic carbocycles. The summed E-state index contributed by atoms with van der Waals surface area (Å²) in [5.41, 5.74) is 8.46. The molecule has 2 aromatic rings. The Hall–Kier alpha value is -0.540. The molecule has 18 heavy (non-hydrogen) atoms. The quantitative estimate of drug-likeness (QED) is 0.856. The summed E-state index contributed by atoms with van der Waals surface area (Å²) in [6.45, 7) is 4.21. The van der Waals surface area contributed by atoms with Crippen molar-refractivity contribution in [1.29, 1.82) is 0 Å². The molecule has 1 unspecified atom stereocenters. The van der Waals surface area contributed by atoms with Gasteiger partial charge in [-0.05, 0) is 49.6 Å². The monoisotopic (exact) mass is 299 g/mol. The highest BCUT2D eigenvalue weighted by molar-refractivity contribution is 7.12. The second-order valence-corrected chi connectivity index (χ2v) is 6.50. The average molecular weight is 300 g/mol. The van der Waals surface area contributed by atoms with Crippen LogP contribution >= 0.6 is 34.5 Å². The lowest BCUT2D eigenvalue weighted by Gasteiger charge is -2.12. The highest BCUT2D eigenvalue weighted by Gasteiger charge is 2.14. The van der Waals surface area contributed by atoms with Crippen LogP contribution in [0.25, 0.3) is 0 Å². The predicted octanol–water partition coefficient (Wildman–Crippen LogP) is 4.91. The van der Waals surface area contributed by atoms with E-state index in [2.05, 4.69) is 19.9 Å². The molecule has 2 rings (SSSR count). The molecule has 0 aliphatic carbocycles. The Balaban J connectivity index is 2.23. The van der Waals surface area contributed by atoms with Gasteiger partial charge in [-0.15, -0.1) is 11.3 Å². The van der Waals surface area contributed by atoms with Crippen molar-refractivity contribution in [2.45, 2.75) is 26.3 Å². The maximum absolute atomic E-state index is 6.24. The average Bonchev–Trinajstić information content (AvgIpc) is 2.64. The molecule has 0 amide bonds. The molecule has 0 radical (unpaired) electrons. The van der Waals surface area contributed by atoms with Crippen molar-refractivity contribution in [3.8, 4) is 0 Å². The molecule has 1 aromatic heterocycles. The Labute approximate surface area is 122 Å². The van der Waals surface area contributed by atoms with Crippen LogP contribution in [0.15, 0.2) is 24.3 Å². The zero-order valence-electron chi connectivity index (χ0n) is 10.3. The SMILES string of the molecule is Cc1cc(C(N)Cc2c(Cl)cccc2Cl)sc1C. The summed E-state index contributed by atoms with van der Waals surface area (Å²) in [7, 11) is 0. The minimum Gasteiger partial charge on any atom is -0.323 e. The van der Waals surface area contributed by atoms with Gasteiger partial charge in [-0.25, -0.2) is 0 Å². The number of hydrogen-bond donors (Lipinski definition) is 1. The summed E-state index contributed by atoms with van der Waals surface area (Å²) in [5.74, 6) is 0. The van der Waals surface area contributed by atoms with Gasteiger partial charge in [0.25, 0.3) is 0 Å². The minimum absolute atomic E-state index is 0.0557. The molecule has 1 nitrogen and oxygen atoms in total. The Morgan fingerprint density at radius 2 is 1.83 bits per heavy atom. The standard InChI is InChI=1S/C14H15Cl2NS/c1-8-6-14(18-9(8)2)13(17)7-10-11(15)4-3-5-12(10)16/h3-6,13H,7,17H2,1-2H3. The summed E-state index contributed by atoms with van der Waals surface area (Å²) in [4.78, 5) is 2.49. The second-order valence-electron chi connectivity index (χ2n) is 4.40. The molecule has 96 valence electrons. The molecular formula is C14H15Cl2NS. The first kappa shape index (κ1) is 13.9. The van der Waals surface area contributed by atoms with Gasteiger partial charge in [0.1, 0.15) is 0 Å². The van der Waals surface area contributed by atoms with E-state index in [0.29, 0.717) is 16.5 Å². The fourth-order valence-electron chi connectivity index (χ4n) is 1.83. The normalized spacial score (nSPS) is 12.7. The molecular weight excluding hydrogens is 285 g/mol. The molecule has 0 bridgehead atoms.